The summed E-state index contributed by atoms with van der Waals surface area (Å²) in [6.07, 6.45) is 8.91. The normalized spacial score (nSPS) is 13.5. The highest BCUT2D eigenvalue weighted by atomic mass is 16.5. The van der Waals surface area contributed by atoms with Crippen molar-refractivity contribution in [2.75, 3.05) is 14.2 Å². The lowest BCUT2D eigenvalue weighted by molar-refractivity contribution is -0.116. The molecule has 0 aliphatic heterocycles. The number of pyridine rings is 1. The molecule has 1 aliphatic rings. The monoisotopic (exact) mass is 505 g/mol. The van der Waals surface area contributed by atoms with Crippen LogP contribution in [0.25, 0.3) is 0 Å². The van der Waals surface area contributed by atoms with E-state index in [4.69, 9.17) is 9.47 Å². The van der Waals surface area contributed by atoms with Gasteiger partial charge in [0.1, 0.15) is 0 Å². The van der Waals surface area contributed by atoms with Crippen LogP contribution in [0.1, 0.15) is 37.5 Å². The first-order valence-corrected chi connectivity index (χ1v) is 11.6. The van der Waals surface area contributed by atoms with E-state index in [9.17, 15) is 19.8 Å². The van der Waals surface area contributed by atoms with E-state index in [0.717, 1.165) is 5.56 Å². The Labute approximate surface area is 215 Å². The molecule has 9 heteroatoms. The highest BCUT2D eigenvalue weighted by molar-refractivity contribution is 6.24. The van der Waals surface area contributed by atoms with E-state index in [1.54, 1.807) is 63.4 Å². The number of rotatable bonds is 6. The Kier molecular flexibility index (Phi) is 8.49. The van der Waals surface area contributed by atoms with Crippen LogP contribution in [-0.4, -0.2) is 50.5 Å². The van der Waals surface area contributed by atoms with Crippen molar-refractivity contribution >= 4 is 11.6 Å². The molecule has 0 spiro atoms. The number of carbonyl (C=O) groups excluding carboxylic acids is 2. The van der Waals surface area contributed by atoms with E-state index >= 15 is 0 Å². The molecule has 1 aromatic carbocycles. The topological polar surface area (TPSA) is 124 Å². The fourth-order valence-corrected chi connectivity index (χ4v) is 4.05. The minimum atomic E-state index is -0.0340. The molecule has 9 nitrogen and oxygen atoms in total. The summed E-state index contributed by atoms with van der Waals surface area (Å²) in [5, 5.41) is 20.5. The number of hydrogen-bond donors (Lipinski definition) is 2. The molecule has 0 saturated carbocycles. The van der Waals surface area contributed by atoms with Crippen molar-refractivity contribution in [3.8, 4) is 23.0 Å². The van der Waals surface area contributed by atoms with Crippen LogP contribution in [0.15, 0.2) is 65.5 Å². The van der Waals surface area contributed by atoms with Crippen LogP contribution in [0.5, 0.6) is 23.0 Å². The number of hydrogen-bond acceptors (Lipinski definition) is 8. The zero-order valence-corrected chi connectivity index (χ0v) is 21.8. The van der Waals surface area contributed by atoms with Crippen molar-refractivity contribution in [3.63, 3.8) is 0 Å². The van der Waals surface area contributed by atoms with Gasteiger partial charge in [0, 0.05) is 64.6 Å². The van der Waals surface area contributed by atoms with Crippen LogP contribution in [-0.2, 0) is 22.6 Å². The van der Waals surface area contributed by atoms with E-state index in [1.807, 2.05) is 12.1 Å². The lowest BCUT2D eigenvalue weighted by Crippen LogP contribution is -2.23. The highest BCUT2D eigenvalue weighted by Crippen LogP contribution is 2.48. The number of allylic oxidation sites excluding steroid dienone is 4. The van der Waals surface area contributed by atoms with Crippen LogP contribution in [0.4, 0.5) is 0 Å². The average molecular weight is 506 g/mol. The molecule has 0 fully saturated rings. The Hall–Kier alpha value is -4.40. The smallest absolute Gasteiger partial charge is 0.207 e. The third-order valence-corrected chi connectivity index (χ3v) is 6.45. The predicted molar refractivity (Wildman–Crippen MR) is 138 cm³/mol. The van der Waals surface area contributed by atoms with Crippen LogP contribution in [0.3, 0.4) is 0 Å². The number of phenols is 2. The zero-order valence-electron chi connectivity index (χ0n) is 21.8. The molecule has 0 saturated heterocycles. The van der Waals surface area contributed by atoms with Crippen molar-refractivity contribution in [2.45, 2.75) is 40.7 Å². The standard InChI is InChI=1S/C15H17NO4.C13H14N2O2/c1-9-11(7-10-5-4-6-16-8-10)13(18)15(20-3)14(19-2)12(9)17;1-8-9(2)13(17)11(10(3)12(8)16)6-15-5-4-14-7-15/h4-6,8,17-18H,7H2,1-3H3;4-5,7H,6H2,1-3H3. The van der Waals surface area contributed by atoms with Gasteiger partial charge >= 0.3 is 0 Å². The second-order valence-corrected chi connectivity index (χ2v) is 8.65. The Morgan fingerprint density at radius 2 is 1.51 bits per heavy atom. The molecule has 0 unspecified atom stereocenters. The van der Waals surface area contributed by atoms with Crippen LogP contribution in [0.2, 0.25) is 0 Å². The van der Waals surface area contributed by atoms with Gasteiger partial charge in [0.15, 0.2) is 23.1 Å². The summed E-state index contributed by atoms with van der Waals surface area (Å²) in [6.45, 7) is 7.25. The number of imidazole rings is 1. The summed E-state index contributed by atoms with van der Waals surface area (Å²) in [5.41, 5.74) is 4.30. The number of aromatic hydroxyl groups is 2. The van der Waals surface area contributed by atoms with Crippen molar-refractivity contribution in [2.24, 2.45) is 0 Å². The summed E-state index contributed by atoms with van der Waals surface area (Å²) in [7, 11) is 2.83. The van der Waals surface area contributed by atoms with Gasteiger partial charge < -0.3 is 24.3 Å². The molecule has 2 heterocycles. The van der Waals surface area contributed by atoms with Gasteiger partial charge in [-0.15, -0.1) is 0 Å². The number of nitrogens with zero attached hydrogens (tertiary/aromatic N) is 3. The fraction of sp³-hybridized carbons (Fsp3) is 0.286. The van der Waals surface area contributed by atoms with Crippen LogP contribution in [0, 0.1) is 6.92 Å². The van der Waals surface area contributed by atoms with E-state index in [1.165, 1.54) is 14.2 Å². The van der Waals surface area contributed by atoms with Gasteiger partial charge in [0.2, 0.25) is 11.5 Å². The Morgan fingerprint density at radius 1 is 0.865 bits per heavy atom. The number of carbonyl (C=O) groups is 2. The number of phenolic OH excluding ortho intramolecular Hbond substituents is 2. The van der Waals surface area contributed by atoms with E-state index in [0.29, 0.717) is 46.4 Å². The second-order valence-electron chi connectivity index (χ2n) is 8.65. The molecular weight excluding hydrogens is 474 g/mol. The van der Waals surface area contributed by atoms with Crippen LogP contribution < -0.4 is 9.47 Å². The predicted octanol–water partition coefficient (Wildman–Crippen LogP) is 4.10. The molecule has 0 bridgehead atoms. The first kappa shape index (κ1) is 27.2. The summed E-state index contributed by atoms with van der Waals surface area (Å²) in [5.74, 6) is 0.155. The number of ketones is 2. The van der Waals surface area contributed by atoms with Crippen molar-refractivity contribution < 1.29 is 29.3 Å². The first-order chi connectivity index (χ1) is 17.6. The first-order valence-electron chi connectivity index (χ1n) is 11.6. The van der Waals surface area contributed by atoms with Gasteiger partial charge in [-0.3, -0.25) is 14.6 Å². The van der Waals surface area contributed by atoms with Gasteiger partial charge in [0.05, 0.1) is 27.1 Å². The maximum Gasteiger partial charge on any atom is 0.207 e. The zero-order chi connectivity index (χ0) is 27.3. The largest absolute Gasteiger partial charge is 0.504 e. The number of methoxy groups -OCH3 is 2. The lowest BCUT2D eigenvalue weighted by Gasteiger charge is -2.18. The minimum Gasteiger partial charge on any atom is -0.504 e. The van der Waals surface area contributed by atoms with Gasteiger partial charge in [-0.25, -0.2) is 4.98 Å². The van der Waals surface area contributed by atoms with Gasteiger partial charge in [-0.1, -0.05) is 6.07 Å². The minimum absolute atomic E-state index is 0.0245. The highest BCUT2D eigenvalue weighted by Gasteiger charge is 2.27. The lowest BCUT2D eigenvalue weighted by atomic mass is 9.86. The second kappa shape index (κ2) is 11.6. The molecule has 194 valence electrons. The molecule has 0 atom stereocenters. The van der Waals surface area contributed by atoms with Crippen molar-refractivity contribution in [1.82, 2.24) is 14.5 Å². The third-order valence-electron chi connectivity index (χ3n) is 6.45. The number of ether oxygens (including phenoxy) is 2. The molecule has 3 aromatic rings. The third kappa shape index (κ3) is 5.55. The molecule has 1 aliphatic carbocycles. The summed E-state index contributed by atoms with van der Waals surface area (Å²) in [4.78, 5) is 32.0. The number of benzene rings is 1. The van der Waals surface area contributed by atoms with Crippen molar-refractivity contribution in [1.29, 1.82) is 0 Å². The summed E-state index contributed by atoms with van der Waals surface area (Å²) < 4.78 is 12.0. The Morgan fingerprint density at radius 3 is 2.08 bits per heavy atom. The quantitative estimate of drug-likeness (QED) is 0.379. The molecular formula is C28H31N3O6. The summed E-state index contributed by atoms with van der Waals surface area (Å²) in [6, 6.07) is 3.72. The molecule has 0 radical (unpaired) electrons. The van der Waals surface area contributed by atoms with Crippen molar-refractivity contribution in [3.05, 3.63) is 82.2 Å². The Bertz CT molecular complexity index is 1370. The molecule has 37 heavy (non-hydrogen) atoms. The average Bonchev–Trinajstić information content (AvgIpc) is 3.43. The molecule has 0 amide bonds. The number of aromatic nitrogens is 3. The molecule has 2 aromatic heterocycles. The molecule has 2 N–H and O–H groups in total. The van der Waals surface area contributed by atoms with Gasteiger partial charge in [0.25, 0.3) is 0 Å². The van der Waals surface area contributed by atoms with Gasteiger partial charge in [-0.05, 0) is 39.3 Å². The van der Waals surface area contributed by atoms with E-state index < -0.39 is 0 Å². The van der Waals surface area contributed by atoms with E-state index in [2.05, 4.69) is 9.97 Å². The SMILES string of the molecule is CC1=C(C)C(=O)C(Cn2ccnc2)=C(C)C1=O.COc1c(O)c(C)c(Cc2cccnc2)c(O)c1OC. The maximum atomic E-state index is 12.1. The fourth-order valence-electron chi connectivity index (χ4n) is 4.05. The van der Waals surface area contributed by atoms with Gasteiger partial charge in [-0.2, -0.15) is 0 Å². The number of Topliss-reactive ketones (excluding diaryl/α,β-unsaturated/α-hetero) is 2. The molecule has 4 rings (SSSR count). The maximum absolute atomic E-state index is 12.1. The Balaban J connectivity index is 0.000000208. The van der Waals surface area contributed by atoms with Crippen LogP contribution >= 0.6 is 0 Å². The van der Waals surface area contributed by atoms with E-state index in [-0.39, 0.29) is 34.6 Å². The summed E-state index contributed by atoms with van der Waals surface area (Å²) >= 11 is 0.